The van der Waals surface area contributed by atoms with Crippen LogP contribution in [0.5, 0.6) is 0 Å². The first-order chi connectivity index (χ1) is 16.0. The van der Waals surface area contributed by atoms with Crippen molar-refractivity contribution >= 4 is 49.6 Å². The molecule has 1 heterocycles. The van der Waals surface area contributed by atoms with Crippen molar-refractivity contribution in [3.63, 3.8) is 0 Å². The molecule has 0 aliphatic carbocycles. The highest BCUT2D eigenvalue weighted by atomic mass is 79.9. The lowest BCUT2D eigenvalue weighted by molar-refractivity contribution is -0.154. The molecule has 176 valence electrons. The summed E-state index contributed by atoms with van der Waals surface area (Å²) in [5.41, 5.74) is 1.96. The molecule has 1 aliphatic heterocycles. The van der Waals surface area contributed by atoms with E-state index in [4.69, 9.17) is 4.74 Å². The Morgan fingerprint density at radius 1 is 0.970 bits per heavy atom. The number of carbonyl (C=O) groups excluding carboxylic acids is 3. The van der Waals surface area contributed by atoms with Gasteiger partial charge in [0.05, 0.1) is 6.10 Å². The molecule has 0 radical (unpaired) electrons. The fraction of sp³-hybridized carbons (Fsp3) is 0.375. The standard InChI is InChI=1S/C24H27Br2N3O4/c25-14-18(15-26)33-24-21(23(32)29-24)28-22(31)19(13-17-9-5-2-6-10-17)27-20(30)12-11-16-7-3-1-4-8-16/h1-10,18-19,21,24H,11-15H2,(H,27,30)(H,28,31)(H,29,32)/t19-,21?,24?/m0/s1. The van der Waals surface area contributed by atoms with E-state index in [1.807, 2.05) is 60.7 Å². The van der Waals surface area contributed by atoms with E-state index < -0.39 is 24.2 Å². The zero-order valence-corrected chi connectivity index (χ0v) is 21.2. The molecule has 3 atom stereocenters. The maximum Gasteiger partial charge on any atom is 0.249 e. The summed E-state index contributed by atoms with van der Waals surface area (Å²) in [5.74, 6) is -0.959. The molecule has 1 saturated heterocycles. The van der Waals surface area contributed by atoms with Crippen LogP contribution in [0.1, 0.15) is 17.5 Å². The number of aryl methyl sites for hydroxylation is 1. The Balaban J connectivity index is 1.63. The molecule has 7 nitrogen and oxygen atoms in total. The fourth-order valence-electron chi connectivity index (χ4n) is 3.41. The van der Waals surface area contributed by atoms with Crippen molar-refractivity contribution in [1.29, 1.82) is 0 Å². The first-order valence-electron chi connectivity index (χ1n) is 10.8. The molecular weight excluding hydrogens is 554 g/mol. The summed E-state index contributed by atoms with van der Waals surface area (Å²) in [6.45, 7) is 0. The lowest BCUT2D eigenvalue weighted by Crippen LogP contribution is -2.72. The van der Waals surface area contributed by atoms with E-state index in [9.17, 15) is 14.4 Å². The van der Waals surface area contributed by atoms with Crippen LogP contribution in [0.25, 0.3) is 0 Å². The lowest BCUT2D eigenvalue weighted by atomic mass is 10.0. The van der Waals surface area contributed by atoms with Crippen LogP contribution in [0.3, 0.4) is 0 Å². The SMILES string of the molecule is O=C(CCc1ccccc1)N[C@@H](Cc1ccccc1)C(=O)NC1C(=O)NC1OC(CBr)CBr. The average Bonchev–Trinajstić information content (AvgIpc) is 2.84. The second-order valence-electron chi connectivity index (χ2n) is 7.78. The molecule has 0 aromatic heterocycles. The molecule has 3 N–H and O–H groups in total. The van der Waals surface area contributed by atoms with Gasteiger partial charge in [-0.2, -0.15) is 0 Å². The zero-order valence-electron chi connectivity index (χ0n) is 18.0. The van der Waals surface area contributed by atoms with Gasteiger partial charge in [-0.3, -0.25) is 14.4 Å². The normalized spacial score (nSPS) is 18.2. The maximum atomic E-state index is 13.1. The summed E-state index contributed by atoms with van der Waals surface area (Å²) in [5, 5.41) is 9.42. The van der Waals surface area contributed by atoms with Gasteiger partial charge in [-0.25, -0.2) is 0 Å². The molecule has 1 aliphatic rings. The van der Waals surface area contributed by atoms with Crippen LogP contribution in [0.15, 0.2) is 60.7 Å². The maximum absolute atomic E-state index is 13.1. The minimum Gasteiger partial charge on any atom is -0.351 e. The number of amides is 3. The third-order valence-electron chi connectivity index (χ3n) is 5.27. The summed E-state index contributed by atoms with van der Waals surface area (Å²) in [6.07, 6.45) is 0.375. The van der Waals surface area contributed by atoms with E-state index in [1.54, 1.807) is 0 Å². The average molecular weight is 581 g/mol. The van der Waals surface area contributed by atoms with Gasteiger partial charge in [0, 0.05) is 23.5 Å². The number of carbonyl (C=O) groups is 3. The van der Waals surface area contributed by atoms with Gasteiger partial charge in [0.15, 0.2) is 12.3 Å². The Labute approximate surface area is 210 Å². The highest BCUT2D eigenvalue weighted by molar-refractivity contribution is 9.09. The van der Waals surface area contributed by atoms with Gasteiger partial charge >= 0.3 is 0 Å². The molecule has 2 unspecified atom stereocenters. The highest BCUT2D eigenvalue weighted by Crippen LogP contribution is 2.14. The van der Waals surface area contributed by atoms with E-state index in [2.05, 4.69) is 47.8 Å². The lowest BCUT2D eigenvalue weighted by Gasteiger charge is -2.38. The van der Waals surface area contributed by atoms with Crippen LogP contribution in [-0.4, -0.2) is 52.8 Å². The molecule has 0 spiro atoms. The number of halogens is 2. The summed E-state index contributed by atoms with van der Waals surface area (Å²) in [7, 11) is 0. The van der Waals surface area contributed by atoms with Crippen molar-refractivity contribution in [2.75, 3.05) is 10.7 Å². The summed E-state index contributed by atoms with van der Waals surface area (Å²) in [6, 6.07) is 17.5. The van der Waals surface area contributed by atoms with E-state index >= 15 is 0 Å². The van der Waals surface area contributed by atoms with Gasteiger partial charge in [0.25, 0.3) is 0 Å². The zero-order chi connectivity index (χ0) is 23.6. The summed E-state index contributed by atoms with van der Waals surface area (Å²) >= 11 is 6.72. The van der Waals surface area contributed by atoms with Crippen molar-refractivity contribution in [1.82, 2.24) is 16.0 Å². The quantitative estimate of drug-likeness (QED) is 0.265. The first-order valence-corrected chi connectivity index (χ1v) is 13.0. The Morgan fingerprint density at radius 3 is 2.15 bits per heavy atom. The van der Waals surface area contributed by atoms with Gasteiger partial charge in [-0.05, 0) is 17.5 Å². The number of rotatable bonds is 12. The molecule has 3 rings (SSSR count). The second kappa shape index (κ2) is 12.9. The molecule has 1 fully saturated rings. The van der Waals surface area contributed by atoms with Gasteiger partial charge in [0.1, 0.15) is 6.04 Å². The van der Waals surface area contributed by atoms with Crippen LogP contribution < -0.4 is 16.0 Å². The van der Waals surface area contributed by atoms with Crippen molar-refractivity contribution in [2.45, 2.75) is 43.7 Å². The predicted molar refractivity (Wildman–Crippen MR) is 133 cm³/mol. The molecule has 2 aromatic carbocycles. The van der Waals surface area contributed by atoms with E-state index in [0.717, 1.165) is 11.1 Å². The minimum absolute atomic E-state index is 0.159. The Kier molecular flexibility index (Phi) is 9.90. The largest absolute Gasteiger partial charge is 0.351 e. The molecule has 3 amide bonds. The van der Waals surface area contributed by atoms with Gasteiger partial charge in [-0.15, -0.1) is 0 Å². The van der Waals surface area contributed by atoms with Crippen LogP contribution in [0, 0.1) is 0 Å². The van der Waals surface area contributed by atoms with Crippen LogP contribution in [-0.2, 0) is 32.0 Å². The predicted octanol–water partition coefficient (Wildman–Crippen LogP) is 2.46. The van der Waals surface area contributed by atoms with Crippen molar-refractivity contribution in [3.8, 4) is 0 Å². The number of nitrogens with one attached hydrogen (secondary N) is 3. The Bertz CT molecular complexity index is 926. The van der Waals surface area contributed by atoms with Crippen LogP contribution in [0.4, 0.5) is 0 Å². The number of β-lactam (4-membered cyclic amide) rings is 1. The van der Waals surface area contributed by atoms with Gasteiger partial charge in [-0.1, -0.05) is 92.5 Å². The monoisotopic (exact) mass is 579 g/mol. The number of ether oxygens (including phenoxy) is 1. The van der Waals surface area contributed by atoms with E-state index in [1.165, 1.54) is 0 Å². The number of alkyl halides is 2. The van der Waals surface area contributed by atoms with Crippen LogP contribution in [0.2, 0.25) is 0 Å². The first kappa shape index (κ1) is 25.4. The highest BCUT2D eigenvalue weighted by Gasteiger charge is 2.43. The second-order valence-corrected chi connectivity index (χ2v) is 9.07. The number of hydrogen-bond acceptors (Lipinski definition) is 4. The third-order valence-corrected chi connectivity index (χ3v) is 6.71. The van der Waals surface area contributed by atoms with Gasteiger partial charge in [0.2, 0.25) is 17.7 Å². The molecule has 0 saturated carbocycles. The van der Waals surface area contributed by atoms with E-state index in [-0.39, 0.29) is 24.3 Å². The Morgan fingerprint density at radius 2 is 1.58 bits per heavy atom. The number of benzene rings is 2. The summed E-state index contributed by atoms with van der Waals surface area (Å²) in [4.78, 5) is 37.8. The molecule has 2 aromatic rings. The smallest absolute Gasteiger partial charge is 0.249 e. The minimum atomic E-state index is -0.812. The number of hydrogen-bond donors (Lipinski definition) is 3. The van der Waals surface area contributed by atoms with Gasteiger partial charge < -0.3 is 20.7 Å². The molecule has 33 heavy (non-hydrogen) atoms. The fourth-order valence-corrected chi connectivity index (χ4v) is 4.79. The van der Waals surface area contributed by atoms with Crippen molar-refractivity contribution in [3.05, 3.63) is 71.8 Å². The molecule has 0 bridgehead atoms. The topological polar surface area (TPSA) is 96.5 Å². The molecular formula is C24H27Br2N3O4. The van der Waals surface area contributed by atoms with Crippen molar-refractivity contribution < 1.29 is 19.1 Å². The van der Waals surface area contributed by atoms with Crippen molar-refractivity contribution in [2.24, 2.45) is 0 Å². The van der Waals surface area contributed by atoms with E-state index in [0.29, 0.717) is 23.5 Å². The molecule has 9 heteroatoms. The third kappa shape index (κ3) is 7.65. The summed E-state index contributed by atoms with van der Waals surface area (Å²) < 4.78 is 5.81. The Hall–Kier alpha value is -2.23. The van der Waals surface area contributed by atoms with Crippen LogP contribution >= 0.6 is 31.9 Å².